The standard InChI is InChI=1S/C15H25NO/c1-5-13(4)17-15-8-6-14(7-9-15)11-16-10-12(2)3/h6-9,12-13,16H,5,10-11H2,1-4H3/t13-/m1/s1. The molecule has 2 heteroatoms. The summed E-state index contributed by atoms with van der Waals surface area (Å²) >= 11 is 0. The van der Waals surface area contributed by atoms with E-state index in [9.17, 15) is 0 Å². The summed E-state index contributed by atoms with van der Waals surface area (Å²) in [7, 11) is 0. The van der Waals surface area contributed by atoms with Crippen molar-refractivity contribution in [3.63, 3.8) is 0 Å². The van der Waals surface area contributed by atoms with Crippen molar-refractivity contribution < 1.29 is 4.74 Å². The van der Waals surface area contributed by atoms with Gasteiger partial charge in [-0.15, -0.1) is 0 Å². The van der Waals surface area contributed by atoms with Crippen LogP contribution in [0.4, 0.5) is 0 Å². The molecule has 96 valence electrons. The number of benzene rings is 1. The molecule has 0 amide bonds. The summed E-state index contributed by atoms with van der Waals surface area (Å²) in [5, 5.41) is 3.43. The van der Waals surface area contributed by atoms with Gasteiger partial charge < -0.3 is 10.1 Å². The van der Waals surface area contributed by atoms with Gasteiger partial charge >= 0.3 is 0 Å². The van der Waals surface area contributed by atoms with Gasteiger partial charge in [-0.3, -0.25) is 0 Å². The zero-order valence-electron chi connectivity index (χ0n) is 11.5. The molecule has 0 aliphatic heterocycles. The lowest BCUT2D eigenvalue weighted by Crippen LogP contribution is -2.18. The third kappa shape index (κ3) is 5.73. The van der Waals surface area contributed by atoms with E-state index in [-0.39, 0.29) is 0 Å². The van der Waals surface area contributed by atoms with Gasteiger partial charge in [0.2, 0.25) is 0 Å². The van der Waals surface area contributed by atoms with E-state index in [4.69, 9.17) is 4.74 Å². The fraction of sp³-hybridized carbons (Fsp3) is 0.600. The normalized spacial score (nSPS) is 12.8. The topological polar surface area (TPSA) is 21.3 Å². The summed E-state index contributed by atoms with van der Waals surface area (Å²) < 4.78 is 5.74. The van der Waals surface area contributed by atoms with E-state index < -0.39 is 0 Å². The highest BCUT2D eigenvalue weighted by Gasteiger charge is 2.01. The van der Waals surface area contributed by atoms with Gasteiger partial charge in [0.25, 0.3) is 0 Å². The summed E-state index contributed by atoms with van der Waals surface area (Å²) in [4.78, 5) is 0. The third-order valence-corrected chi connectivity index (χ3v) is 2.72. The van der Waals surface area contributed by atoms with Crippen LogP contribution >= 0.6 is 0 Å². The van der Waals surface area contributed by atoms with Crippen molar-refractivity contribution in [2.75, 3.05) is 6.54 Å². The zero-order valence-corrected chi connectivity index (χ0v) is 11.5. The van der Waals surface area contributed by atoms with Crippen LogP contribution < -0.4 is 10.1 Å². The Morgan fingerprint density at radius 3 is 2.29 bits per heavy atom. The molecule has 0 bridgehead atoms. The summed E-state index contributed by atoms with van der Waals surface area (Å²) in [5.74, 6) is 1.66. The van der Waals surface area contributed by atoms with E-state index in [1.54, 1.807) is 0 Å². The third-order valence-electron chi connectivity index (χ3n) is 2.72. The predicted molar refractivity (Wildman–Crippen MR) is 73.4 cm³/mol. The van der Waals surface area contributed by atoms with Crippen LogP contribution in [0.5, 0.6) is 5.75 Å². The first-order valence-corrected chi connectivity index (χ1v) is 6.58. The Hall–Kier alpha value is -1.02. The Morgan fingerprint density at radius 1 is 1.12 bits per heavy atom. The van der Waals surface area contributed by atoms with Crippen molar-refractivity contribution in [1.29, 1.82) is 0 Å². The molecule has 0 aliphatic rings. The summed E-state index contributed by atoms with van der Waals surface area (Å²) in [6, 6.07) is 8.37. The van der Waals surface area contributed by atoms with Crippen molar-refractivity contribution >= 4 is 0 Å². The van der Waals surface area contributed by atoms with Crippen molar-refractivity contribution in [2.45, 2.75) is 46.8 Å². The molecule has 0 aromatic heterocycles. The summed E-state index contributed by atoms with van der Waals surface area (Å²) in [6.07, 6.45) is 1.33. The lowest BCUT2D eigenvalue weighted by molar-refractivity contribution is 0.217. The minimum Gasteiger partial charge on any atom is -0.491 e. The van der Waals surface area contributed by atoms with E-state index >= 15 is 0 Å². The van der Waals surface area contributed by atoms with Crippen molar-refractivity contribution in [3.05, 3.63) is 29.8 Å². The molecule has 1 aromatic carbocycles. The molecule has 0 saturated heterocycles. The molecular weight excluding hydrogens is 210 g/mol. The molecule has 0 unspecified atom stereocenters. The Labute approximate surface area is 105 Å². The summed E-state index contributed by atoms with van der Waals surface area (Å²) in [6.45, 7) is 10.7. The monoisotopic (exact) mass is 235 g/mol. The van der Waals surface area contributed by atoms with Gasteiger partial charge in [0, 0.05) is 6.54 Å². The Morgan fingerprint density at radius 2 is 1.76 bits per heavy atom. The van der Waals surface area contributed by atoms with E-state index in [0.29, 0.717) is 12.0 Å². The molecule has 1 aromatic rings. The fourth-order valence-electron chi connectivity index (χ4n) is 1.51. The second kappa shape index (κ2) is 7.33. The first-order chi connectivity index (χ1) is 8.11. The summed E-state index contributed by atoms with van der Waals surface area (Å²) in [5.41, 5.74) is 1.31. The number of nitrogens with one attached hydrogen (secondary N) is 1. The lowest BCUT2D eigenvalue weighted by Gasteiger charge is -2.13. The van der Waals surface area contributed by atoms with E-state index in [1.165, 1.54) is 5.56 Å². The lowest BCUT2D eigenvalue weighted by atomic mass is 10.2. The first-order valence-electron chi connectivity index (χ1n) is 6.58. The molecule has 17 heavy (non-hydrogen) atoms. The van der Waals surface area contributed by atoms with E-state index in [2.05, 4.69) is 57.3 Å². The van der Waals surface area contributed by atoms with Crippen LogP contribution in [0.25, 0.3) is 0 Å². The minimum absolute atomic E-state index is 0.292. The van der Waals surface area contributed by atoms with E-state index in [1.807, 2.05) is 0 Å². The van der Waals surface area contributed by atoms with Crippen molar-refractivity contribution in [2.24, 2.45) is 5.92 Å². The Bertz CT molecular complexity index is 305. The molecule has 0 fully saturated rings. The average Bonchev–Trinajstić information content (AvgIpc) is 2.31. The average molecular weight is 235 g/mol. The second-order valence-electron chi connectivity index (χ2n) is 5.01. The van der Waals surface area contributed by atoms with Crippen LogP contribution in [0.15, 0.2) is 24.3 Å². The maximum absolute atomic E-state index is 5.74. The van der Waals surface area contributed by atoms with Gasteiger partial charge in [0.15, 0.2) is 0 Å². The van der Waals surface area contributed by atoms with Gasteiger partial charge in [-0.2, -0.15) is 0 Å². The molecule has 0 aliphatic carbocycles. The maximum atomic E-state index is 5.74. The quantitative estimate of drug-likeness (QED) is 0.779. The predicted octanol–water partition coefficient (Wildman–Crippen LogP) is 3.61. The van der Waals surface area contributed by atoms with E-state index in [0.717, 1.165) is 25.3 Å². The van der Waals surface area contributed by atoms with Crippen LogP contribution in [0.3, 0.4) is 0 Å². The largest absolute Gasteiger partial charge is 0.491 e. The number of hydrogen-bond acceptors (Lipinski definition) is 2. The highest BCUT2D eigenvalue weighted by Crippen LogP contribution is 2.14. The van der Waals surface area contributed by atoms with Crippen LogP contribution in [0.1, 0.15) is 39.7 Å². The zero-order chi connectivity index (χ0) is 12.7. The molecule has 0 heterocycles. The van der Waals surface area contributed by atoms with Crippen LogP contribution in [0.2, 0.25) is 0 Å². The van der Waals surface area contributed by atoms with Crippen LogP contribution in [0, 0.1) is 5.92 Å². The first kappa shape index (κ1) is 14.0. The smallest absolute Gasteiger partial charge is 0.119 e. The van der Waals surface area contributed by atoms with Gasteiger partial charge in [-0.1, -0.05) is 32.9 Å². The second-order valence-corrected chi connectivity index (χ2v) is 5.01. The molecular formula is C15H25NO. The highest BCUT2D eigenvalue weighted by molar-refractivity contribution is 5.27. The van der Waals surface area contributed by atoms with Crippen LogP contribution in [-0.4, -0.2) is 12.6 Å². The molecule has 0 radical (unpaired) electrons. The van der Waals surface area contributed by atoms with Gasteiger partial charge in [0.05, 0.1) is 6.10 Å². The highest BCUT2D eigenvalue weighted by atomic mass is 16.5. The molecule has 0 spiro atoms. The Kier molecular flexibility index (Phi) is 6.06. The van der Waals surface area contributed by atoms with Crippen molar-refractivity contribution in [1.82, 2.24) is 5.32 Å². The van der Waals surface area contributed by atoms with Gasteiger partial charge in [-0.25, -0.2) is 0 Å². The number of hydrogen-bond donors (Lipinski definition) is 1. The van der Waals surface area contributed by atoms with Crippen molar-refractivity contribution in [3.8, 4) is 5.75 Å². The fourth-order valence-corrected chi connectivity index (χ4v) is 1.51. The molecule has 2 nitrogen and oxygen atoms in total. The SMILES string of the molecule is CC[C@@H](C)Oc1ccc(CNCC(C)C)cc1. The molecule has 1 N–H and O–H groups in total. The Balaban J connectivity index is 2.39. The maximum Gasteiger partial charge on any atom is 0.119 e. The minimum atomic E-state index is 0.292. The molecule has 1 rings (SSSR count). The number of ether oxygens (including phenoxy) is 1. The van der Waals surface area contributed by atoms with Gasteiger partial charge in [0.1, 0.15) is 5.75 Å². The molecule has 1 atom stereocenters. The molecule has 0 saturated carbocycles. The van der Waals surface area contributed by atoms with Crippen LogP contribution in [-0.2, 0) is 6.54 Å². The number of rotatable bonds is 7. The van der Waals surface area contributed by atoms with Gasteiger partial charge in [-0.05, 0) is 43.5 Å².